The molecule has 10 heteroatoms. The first kappa shape index (κ1) is 33.2. The average Bonchev–Trinajstić information content (AvgIpc) is 2.97. The van der Waals surface area contributed by atoms with Gasteiger partial charge in [0.05, 0.1) is 28.0 Å². The predicted octanol–water partition coefficient (Wildman–Crippen LogP) is 6.96. The van der Waals surface area contributed by atoms with E-state index in [4.69, 9.17) is 32.7 Å². The molecule has 0 aliphatic carbocycles. The highest BCUT2D eigenvalue weighted by molar-refractivity contribution is 6.43. The summed E-state index contributed by atoms with van der Waals surface area (Å²) in [5, 5.41) is 1.22. The molecule has 1 fully saturated rings. The molecule has 0 aromatic heterocycles. The molecule has 2 aliphatic heterocycles. The smallest absolute Gasteiger partial charge is 0.411 e. The molecule has 2 amide bonds. The van der Waals surface area contributed by atoms with Gasteiger partial charge >= 0.3 is 6.09 Å². The highest BCUT2D eigenvalue weighted by atomic mass is 35.5. The van der Waals surface area contributed by atoms with E-state index in [1.54, 1.807) is 16.8 Å². The van der Waals surface area contributed by atoms with Gasteiger partial charge in [-0.05, 0) is 55.5 Å². The van der Waals surface area contributed by atoms with Crippen molar-refractivity contribution in [3.63, 3.8) is 0 Å². The third-order valence-corrected chi connectivity index (χ3v) is 8.78. The fraction of sp³-hybridized carbons (Fsp3) is 0.576. The van der Waals surface area contributed by atoms with Crippen molar-refractivity contribution in [2.75, 3.05) is 62.7 Å². The second-order valence-corrected chi connectivity index (χ2v) is 13.1. The van der Waals surface area contributed by atoms with Gasteiger partial charge in [0.1, 0.15) is 5.75 Å². The summed E-state index contributed by atoms with van der Waals surface area (Å²) in [6.07, 6.45) is 1.88. The highest BCUT2D eigenvalue weighted by Crippen LogP contribution is 2.35. The molecular formula is C33H46Cl2N4O4. The van der Waals surface area contributed by atoms with Crippen LogP contribution in [-0.4, -0.2) is 81.0 Å². The second-order valence-electron chi connectivity index (χ2n) is 12.3. The van der Waals surface area contributed by atoms with Crippen molar-refractivity contribution in [3.8, 4) is 5.75 Å². The number of amides is 2. The van der Waals surface area contributed by atoms with Crippen LogP contribution < -0.4 is 14.5 Å². The molecule has 2 aliphatic rings. The van der Waals surface area contributed by atoms with Gasteiger partial charge in [0.2, 0.25) is 5.91 Å². The summed E-state index contributed by atoms with van der Waals surface area (Å²) in [6.45, 7) is 14.0. The van der Waals surface area contributed by atoms with Crippen LogP contribution in [0.25, 0.3) is 0 Å². The van der Waals surface area contributed by atoms with E-state index < -0.39 is 12.3 Å². The summed E-state index contributed by atoms with van der Waals surface area (Å²) >= 11 is 12.6. The number of carbonyl (C=O) groups is 2. The van der Waals surface area contributed by atoms with E-state index in [-0.39, 0.29) is 11.8 Å². The fourth-order valence-corrected chi connectivity index (χ4v) is 6.14. The highest BCUT2D eigenvalue weighted by Gasteiger charge is 2.35. The molecule has 236 valence electrons. The number of carbonyl (C=O) groups excluding carboxylic acids is 2. The number of benzene rings is 2. The molecule has 0 radical (unpaired) electrons. The van der Waals surface area contributed by atoms with Crippen LogP contribution in [0.5, 0.6) is 5.75 Å². The third-order valence-electron chi connectivity index (χ3n) is 7.97. The first-order valence-electron chi connectivity index (χ1n) is 15.5. The summed E-state index contributed by atoms with van der Waals surface area (Å²) in [7, 11) is 1.73. The van der Waals surface area contributed by atoms with Crippen molar-refractivity contribution in [3.05, 3.63) is 52.0 Å². The molecule has 2 aromatic rings. The molecule has 2 aromatic carbocycles. The zero-order valence-corrected chi connectivity index (χ0v) is 27.7. The number of rotatable bonds is 12. The Labute approximate surface area is 266 Å². The van der Waals surface area contributed by atoms with E-state index in [9.17, 15) is 9.59 Å². The van der Waals surface area contributed by atoms with Crippen LogP contribution in [-0.2, 0) is 16.0 Å². The van der Waals surface area contributed by atoms with Crippen molar-refractivity contribution in [1.29, 1.82) is 0 Å². The number of halogens is 2. The van der Waals surface area contributed by atoms with Gasteiger partial charge in [-0.25, -0.2) is 4.79 Å². The number of aryl methyl sites for hydroxylation is 1. The molecule has 4 rings (SSSR count). The van der Waals surface area contributed by atoms with E-state index in [1.165, 1.54) is 0 Å². The Bertz CT molecular complexity index is 1250. The number of nitrogens with zero attached hydrogens (tertiary/aromatic N) is 4. The van der Waals surface area contributed by atoms with Gasteiger partial charge in [-0.2, -0.15) is 0 Å². The van der Waals surface area contributed by atoms with E-state index in [2.05, 4.69) is 23.6 Å². The molecular weight excluding hydrogens is 587 g/mol. The van der Waals surface area contributed by atoms with Crippen LogP contribution in [0.1, 0.15) is 52.5 Å². The van der Waals surface area contributed by atoms with Crippen LogP contribution in [0.3, 0.4) is 0 Å². The maximum atomic E-state index is 13.2. The van der Waals surface area contributed by atoms with Crippen molar-refractivity contribution in [1.82, 2.24) is 9.80 Å². The fourth-order valence-electron chi connectivity index (χ4n) is 5.72. The first-order chi connectivity index (χ1) is 20.5. The monoisotopic (exact) mass is 632 g/mol. The Kier molecular flexibility index (Phi) is 11.9. The zero-order chi connectivity index (χ0) is 31.1. The third kappa shape index (κ3) is 8.70. The lowest BCUT2D eigenvalue weighted by Crippen LogP contribution is -2.50. The number of ether oxygens (including phenoxy) is 2. The van der Waals surface area contributed by atoms with Gasteiger partial charge < -0.3 is 19.3 Å². The van der Waals surface area contributed by atoms with Crippen LogP contribution in [0.4, 0.5) is 16.2 Å². The van der Waals surface area contributed by atoms with Gasteiger partial charge in [0.15, 0.2) is 6.23 Å². The molecule has 0 spiro atoms. The number of unbranched alkanes of at least 4 members (excludes halogenated alkanes) is 1. The quantitative estimate of drug-likeness (QED) is 0.236. The van der Waals surface area contributed by atoms with Crippen molar-refractivity contribution >= 4 is 46.6 Å². The number of piperazine rings is 1. The van der Waals surface area contributed by atoms with Crippen LogP contribution >= 0.6 is 23.2 Å². The van der Waals surface area contributed by atoms with E-state index in [0.29, 0.717) is 42.0 Å². The van der Waals surface area contributed by atoms with Crippen LogP contribution in [0.15, 0.2) is 36.4 Å². The minimum atomic E-state index is -0.695. The molecule has 0 bridgehead atoms. The summed E-state index contributed by atoms with van der Waals surface area (Å²) in [6, 6.07) is 11.7. The Balaban J connectivity index is 1.29. The average molecular weight is 634 g/mol. The molecule has 2 heterocycles. The predicted molar refractivity (Wildman–Crippen MR) is 175 cm³/mol. The second kappa shape index (κ2) is 15.4. The molecule has 1 unspecified atom stereocenters. The molecule has 43 heavy (non-hydrogen) atoms. The Hall–Kier alpha value is -2.68. The molecule has 0 N–H and O–H groups in total. The van der Waals surface area contributed by atoms with E-state index in [0.717, 1.165) is 68.3 Å². The van der Waals surface area contributed by atoms with E-state index in [1.807, 2.05) is 50.2 Å². The van der Waals surface area contributed by atoms with Gasteiger partial charge in [-0.1, -0.05) is 63.0 Å². The first-order valence-corrected chi connectivity index (χ1v) is 16.2. The SMILES string of the molecule is CC(C)CN(C)C(=O)OC(C(C)C)N1C(=O)CCc2ccc(OCCCCN3CCN(c4cccc(Cl)c4Cl)CC3)cc21. The Morgan fingerprint density at radius 3 is 2.42 bits per heavy atom. The van der Waals surface area contributed by atoms with Gasteiger partial charge in [0, 0.05) is 58.2 Å². The lowest BCUT2D eigenvalue weighted by atomic mass is 9.98. The lowest BCUT2D eigenvalue weighted by molar-refractivity contribution is -0.121. The maximum Gasteiger partial charge on any atom is 0.411 e. The molecule has 1 atom stereocenters. The number of hydrogen-bond donors (Lipinski definition) is 0. The normalized spacial score (nSPS) is 16.4. The molecule has 8 nitrogen and oxygen atoms in total. The number of hydrogen-bond acceptors (Lipinski definition) is 6. The molecule has 1 saturated heterocycles. The lowest BCUT2D eigenvalue weighted by Gasteiger charge is -2.38. The van der Waals surface area contributed by atoms with Gasteiger partial charge in [-0.15, -0.1) is 0 Å². The largest absolute Gasteiger partial charge is 0.494 e. The number of fused-ring (bicyclic) bond motifs is 1. The van der Waals surface area contributed by atoms with Crippen molar-refractivity contribution in [2.45, 2.75) is 59.6 Å². The Morgan fingerprint density at radius 1 is 0.977 bits per heavy atom. The maximum absolute atomic E-state index is 13.2. The minimum Gasteiger partial charge on any atom is -0.494 e. The summed E-state index contributed by atoms with van der Waals surface area (Å²) in [4.78, 5) is 34.1. The van der Waals surface area contributed by atoms with Gasteiger partial charge in [-0.3, -0.25) is 14.6 Å². The van der Waals surface area contributed by atoms with E-state index >= 15 is 0 Å². The summed E-state index contributed by atoms with van der Waals surface area (Å²) in [5.41, 5.74) is 2.83. The topological polar surface area (TPSA) is 65.6 Å². The Morgan fingerprint density at radius 2 is 1.72 bits per heavy atom. The minimum absolute atomic E-state index is 0.0413. The van der Waals surface area contributed by atoms with Crippen LogP contribution in [0, 0.1) is 11.8 Å². The number of anilines is 2. The van der Waals surface area contributed by atoms with Crippen molar-refractivity contribution < 1.29 is 19.1 Å². The zero-order valence-electron chi connectivity index (χ0n) is 26.2. The molecule has 0 saturated carbocycles. The summed E-state index contributed by atoms with van der Waals surface area (Å²) in [5.74, 6) is 0.911. The standard InChI is InChI=1S/C33H46Cl2N4O4/c1-23(2)22-36(5)33(41)43-32(24(3)4)39-29-21-26(13-11-25(29)12-14-30(39)40)42-20-7-6-15-37-16-18-38(19-17-37)28-10-8-9-27(34)31(28)35/h8-11,13,21,23-24,32H,6-7,12,14-20,22H2,1-5H3. The van der Waals surface area contributed by atoms with Crippen molar-refractivity contribution in [2.24, 2.45) is 11.8 Å². The van der Waals surface area contributed by atoms with Crippen LogP contribution in [0.2, 0.25) is 10.0 Å². The summed E-state index contributed by atoms with van der Waals surface area (Å²) < 4.78 is 12.1. The van der Waals surface area contributed by atoms with Gasteiger partial charge in [0.25, 0.3) is 0 Å².